The lowest BCUT2D eigenvalue weighted by atomic mass is 10.1. The third kappa shape index (κ3) is 4.07. The lowest BCUT2D eigenvalue weighted by Crippen LogP contribution is -2.12. The standard InChI is InChI=1S/C14H15BrN2OS2/c1-8(2)5-10-7-20-14(16-10)17-13(18)11-6-9(15)3-4-12(11)19/h3-4,6-8,19H,5H2,1-2H3,(H,16,17,18). The van der Waals surface area contributed by atoms with Gasteiger partial charge in [-0.1, -0.05) is 29.8 Å². The van der Waals surface area contributed by atoms with Gasteiger partial charge < -0.3 is 0 Å². The van der Waals surface area contributed by atoms with Gasteiger partial charge in [-0.25, -0.2) is 4.98 Å². The van der Waals surface area contributed by atoms with Crippen molar-refractivity contribution in [3.8, 4) is 0 Å². The Morgan fingerprint density at radius 2 is 2.25 bits per heavy atom. The monoisotopic (exact) mass is 370 g/mol. The molecule has 0 saturated carbocycles. The van der Waals surface area contributed by atoms with Crippen LogP contribution in [0, 0.1) is 5.92 Å². The van der Waals surface area contributed by atoms with Crippen LogP contribution in [0.3, 0.4) is 0 Å². The van der Waals surface area contributed by atoms with E-state index in [-0.39, 0.29) is 5.91 Å². The second kappa shape index (κ2) is 6.74. The van der Waals surface area contributed by atoms with Crippen LogP contribution in [0.1, 0.15) is 29.9 Å². The average molecular weight is 371 g/mol. The Kier molecular flexibility index (Phi) is 5.23. The molecule has 1 aromatic heterocycles. The summed E-state index contributed by atoms with van der Waals surface area (Å²) in [6.45, 7) is 4.29. The van der Waals surface area contributed by atoms with E-state index in [1.54, 1.807) is 12.1 Å². The molecule has 1 amide bonds. The van der Waals surface area contributed by atoms with Crippen molar-refractivity contribution in [3.63, 3.8) is 0 Å². The van der Waals surface area contributed by atoms with Gasteiger partial charge >= 0.3 is 0 Å². The molecule has 0 bridgehead atoms. The molecule has 0 saturated heterocycles. The van der Waals surface area contributed by atoms with E-state index in [4.69, 9.17) is 0 Å². The molecular weight excluding hydrogens is 356 g/mol. The molecule has 0 aliphatic heterocycles. The minimum atomic E-state index is -0.193. The van der Waals surface area contributed by atoms with Crippen molar-refractivity contribution in [3.05, 3.63) is 39.3 Å². The number of thiol groups is 1. The van der Waals surface area contributed by atoms with Gasteiger partial charge in [-0.3, -0.25) is 10.1 Å². The number of nitrogens with zero attached hydrogens (tertiary/aromatic N) is 1. The van der Waals surface area contributed by atoms with Crippen molar-refractivity contribution in [2.24, 2.45) is 5.92 Å². The maximum absolute atomic E-state index is 12.2. The zero-order valence-corrected chi connectivity index (χ0v) is 14.5. The van der Waals surface area contributed by atoms with E-state index >= 15 is 0 Å². The van der Waals surface area contributed by atoms with Crippen LogP contribution >= 0.6 is 39.9 Å². The fourth-order valence-electron chi connectivity index (χ4n) is 1.73. The molecule has 106 valence electrons. The zero-order valence-electron chi connectivity index (χ0n) is 11.2. The Hall–Kier alpha value is -0.850. The second-order valence-electron chi connectivity index (χ2n) is 4.86. The van der Waals surface area contributed by atoms with Crippen molar-refractivity contribution in [2.45, 2.75) is 25.2 Å². The third-order valence-electron chi connectivity index (χ3n) is 2.59. The highest BCUT2D eigenvalue weighted by Gasteiger charge is 2.12. The van der Waals surface area contributed by atoms with Crippen molar-refractivity contribution >= 4 is 50.9 Å². The molecule has 6 heteroatoms. The highest BCUT2D eigenvalue weighted by atomic mass is 79.9. The molecule has 0 unspecified atom stereocenters. The predicted molar refractivity (Wildman–Crippen MR) is 90.0 cm³/mol. The normalized spacial score (nSPS) is 10.8. The number of carbonyl (C=O) groups excluding carboxylic acids is 1. The fourth-order valence-corrected chi connectivity index (χ4v) is 3.05. The number of nitrogens with one attached hydrogen (secondary N) is 1. The lowest BCUT2D eigenvalue weighted by molar-refractivity contribution is 0.102. The first-order valence-corrected chi connectivity index (χ1v) is 8.32. The van der Waals surface area contributed by atoms with Crippen LogP contribution in [0.25, 0.3) is 0 Å². The topological polar surface area (TPSA) is 42.0 Å². The van der Waals surface area contributed by atoms with Gasteiger partial charge in [-0.05, 0) is 30.5 Å². The van der Waals surface area contributed by atoms with Gasteiger partial charge in [0.2, 0.25) is 0 Å². The molecular formula is C14H15BrN2OS2. The number of rotatable bonds is 4. The summed E-state index contributed by atoms with van der Waals surface area (Å²) in [6.07, 6.45) is 0.918. The van der Waals surface area contributed by atoms with Crippen LogP contribution in [-0.2, 0) is 6.42 Å². The van der Waals surface area contributed by atoms with E-state index in [1.165, 1.54) is 11.3 Å². The van der Waals surface area contributed by atoms with E-state index in [2.05, 4.69) is 52.7 Å². The van der Waals surface area contributed by atoms with Crippen LogP contribution in [-0.4, -0.2) is 10.9 Å². The molecule has 20 heavy (non-hydrogen) atoms. The Balaban J connectivity index is 2.11. The number of amides is 1. The largest absolute Gasteiger partial charge is 0.298 e. The van der Waals surface area contributed by atoms with E-state index in [0.717, 1.165) is 16.6 Å². The number of anilines is 1. The first-order valence-electron chi connectivity index (χ1n) is 6.20. The van der Waals surface area contributed by atoms with Crippen LogP contribution in [0.4, 0.5) is 5.13 Å². The van der Waals surface area contributed by atoms with Crippen LogP contribution in [0.5, 0.6) is 0 Å². The SMILES string of the molecule is CC(C)Cc1csc(NC(=O)c2cc(Br)ccc2S)n1. The average Bonchev–Trinajstić information content (AvgIpc) is 2.78. The molecule has 3 nitrogen and oxygen atoms in total. The van der Waals surface area contributed by atoms with Crippen molar-refractivity contribution in [1.82, 2.24) is 4.98 Å². The lowest BCUT2D eigenvalue weighted by Gasteiger charge is -2.05. The minimum absolute atomic E-state index is 0.193. The van der Waals surface area contributed by atoms with E-state index in [1.807, 2.05) is 11.4 Å². The van der Waals surface area contributed by atoms with Crippen LogP contribution in [0.15, 0.2) is 32.9 Å². The molecule has 1 aromatic carbocycles. The summed E-state index contributed by atoms with van der Waals surface area (Å²) in [7, 11) is 0. The molecule has 0 aliphatic rings. The molecule has 2 rings (SSSR count). The number of aromatic nitrogens is 1. The molecule has 0 radical (unpaired) electrons. The number of hydrogen-bond acceptors (Lipinski definition) is 4. The molecule has 0 aliphatic carbocycles. The molecule has 0 fully saturated rings. The van der Waals surface area contributed by atoms with Gasteiger partial charge in [0.05, 0.1) is 11.3 Å². The predicted octanol–water partition coefficient (Wildman–Crippen LogP) is 4.65. The smallest absolute Gasteiger partial charge is 0.258 e. The first kappa shape index (κ1) is 15.5. The fraction of sp³-hybridized carbons (Fsp3) is 0.286. The second-order valence-corrected chi connectivity index (χ2v) is 7.11. The Morgan fingerprint density at radius 1 is 1.50 bits per heavy atom. The van der Waals surface area contributed by atoms with Gasteiger partial charge in [-0.15, -0.1) is 24.0 Å². The van der Waals surface area contributed by atoms with Crippen LogP contribution in [0.2, 0.25) is 0 Å². The quantitative estimate of drug-likeness (QED) is 0.769. The van der Waals surface area contributed by atoms with Gasteiger partial charge in [0, 0.05) is 14.7 Å². The van der Waals surface area contributed by atoms with Gasteiger partial charge in [-0.2, -0.15) is 0 Å². The minimum Gasteiger partial charge on any atom is -0.298 e. The summed E-state index contributed by atoms with van der Waals surface area (Å²) < 4.78 is 0.847. The number of hydrogen-bond donors (Lipinski definition) is 2. The summed E-state index contributed by atoms with van der Waals surface area (Å²) in [5.41, 5.74) is 1.55. The van der Waals surface area contributed by atoms with Gasteiger partial charge in [0.1, 0.15) is 0 Å². The maximum Gasteiger partial charge on any atom is 0.258 e. The molecule has 1 heterocycles. The number of carbonyl (C=O) groups is 1. The highest BCUT2D eigenvalue weighted by Crippen LogP contribution is 2.23. The number of thiazole rings is 1. The Morgan fingerprint density at radius 3 is 2.95 bits per heavy atom. The van der Waals surface area contributed by atoms with Crippen molar-refractivity contribution in [2.75, 3.05) is 5.32 Å². The number of benzene rings is 1. The molecule has 1 N–H and O–H groups in total. The maximum atomic E-state index is 12.2. The Labute approximate surface area is 136 Å². The van der Waals surface area contributed by atoms with E-state index < -0.39 is 0 Å². The van der Waals surface area contributed by atoms with Gasteiger partial charge in [0.25, 0.3) is 5.91 Å². The molecule has 2 aromatic rings. The first-order chi connectivity index (χ1) is 9.45. The van der Waals surface area contributed by atoms with Crippen LogP contribution < -0.4 is 5.32 Å². The molecule has 0 spiro atoms. The van der Waals surface area contributed by atoms with Crippen molar-refractivity contribution < 1.29 is 4.79 Å². The Bertz CT molecular complexity index is 625. The van der Waals surface area contributed by atoms with Gasteiger partial charge in [0.15, 0.2) is 5.13 Å². The highest BCUT2D eigenvalue weighted by molar-refractivity contribution is 9.10. The third-order valence-corrected chi connectivity index (χ3v) is 4.28. The zero-order chi connectivity index (χ0) is 14.7. The summed E-state index contributed by atoms with van der Waals surface area (Å²) in [5.74, 6) is 0.358. The summed E-state index contributed by atoms with van der Waals surface area (Å²) >= 11 is 9.10. The summed E-state index contributed by atoms with van der Waals surface area (Å²) in [6, 6.07) is 5.39. The molecule has 0 atom stereocenters. The summed E-state index contributed by atoms with van der Waals surface area (Å²) in [5, 5.41) is 5.43. The van der Waals surface area contributed by atoms with E-state index in [9.17, 15) is 4.79 Å². The van der Waals surface area contributed by atoms with Crippen molar-refractivity contribution in [1.29, 1.82) is 0 Å². The number of halogens is 1. The summed E-state index contributed by atoms with van der Waals surface area (Å²) in [4.78, 5) is 17.3. The van der Waals surface area contributed by atoms with E-state index in [0.29, 0.717) is 21.5 Å².